The summed E-state index contributed by atoms with van der Waals surface area (Å²) >= 11 is 0. The summed E-state index contributed by atoms with van der Waals surface area (Å²) in [4.78, 5) is 20.1. The van der Waals surface area contributed by atoms with Crippen LogP contribution in [0.1, 0.15) is 36.5 Å². The molecule has 7 N–H and O–H groups in total. The standard InChI is InChI=1S/C30H37N5O3S.2C2HF3O2/c1-22(31)35-16-14-25(15-17-35)18-23-10-12-24(13-11-23)19-27(34-39(36,37)29-8-3-2-4-9-29)21-38-28-7-5-6-26(20-28)30(32)33;2*3-2(4,5)1(6)7/h2-13,20,25,27,31,34H,14-19,21H2,1H3,(H3,32,33);2*(H,6,7)/t27-;;/m0../s1. The second-order valence-electron chi connectivity index (χ2n) is 11.7. The SMILES string of the molecule is CC(=N)N1CCC(Cc2ccc(C[C@@H](COc3cccc(C(=N)N)c3)NS(=O)(=O)c3ccccc3)cc2)CC1.O=C(O)C(F)(F)F.O=C(O)C(F)(F)F. The molecule has 1 aliphatic rings. The Hall–Kier alpha value is -5.17. The lowest BCUT2D eigenvalue weighted by molar-refractivity contribution is -0.193. The molecule has 0 radical (unpaired) electrons. The number of carboxylic acids is 2. The van der Waals surface area contributed by atoms with E-state index in [1.807, 2.05) is 6.92 Å². The van der Waals surface area contributed by atoms with E-state index in [4.69, 9.17) is 41.1 Å². The number of ether oxygens (including phenoxy) is 1. The van der Waals surface area contributed by atoms with E-state index in [-0.39, 0.29) is 17.3 Å². The van der Waals surface area contributed by atoms with Gasteiger partial charge >= 0.3 is 24.3 Å². The molecule has 3 aromatic carbocycles. The van der Waals surface area contributed by atoms with E-state index in [1.165, 1.54) is 5.56 Å². The predicted molar refractivity (Wildman–Crippen MR) is 182 cm³/mol. The number of aliphatic carboxylic acids is 2. The minimum absolute atomic E-state index is 0.0581. The highest BCUT2D eigenvalue weighted by Crippen LogP contribution is 2.23. The van der Waals surface area contributed by atoms with Crippen molar-refractivity contribution in [3.8, 4) is 5.75 Å². The molecule has 1 atom stereocenters. The van der Waals surface area contributed by atoms with Gasteiger partial charge in [0.2, 0.25) is 10.0 Å². The van der Waals surface area contributed by atoms with Crippen LogP contribution in [-0.4, -0.2) is 85.2 Å². The van der Waals surface area contributed by atoms with Crippen molar-refractivity contribution in [1.29, 1.82) is 10.8 Å². The molecule has 1 fully saturated rings. The largest absolute Gasteiger partial charge is 0.492 e. The van der Waals surface area contributed by atoms with Crippen molar-refractivity contribution in [1.82, 2.24) is 9.62 Å². The molecule has 19 heteroatoms. The Labute approximate surface area is 301 Å². The summed E-state index contributed by atoms with van der Waals surface area (Å²) in [5.74, 6) is -3.80. The van der Waals surface area contributed by atoms with Crippen LogP contribution in [0.4, 0.5) is 26.3 Å². The Kier molecular flexibility index (Phi) is 16.3. The lowest BCUT2D eigenvalue weighted by Gasteiger charge is -2.32. The van der Waals surface area contributed by atoms with E-state index in [9.17, 15) is 34.8 Å². The quantitative estimate of drug-likeness (QED) is 0.0830. The minimum atomic E-state index is -5.08. The number of carbonyl (C=O) groups is 2. The van der Waals surface area contributed by atoms with Gasteiger partial charge in [-0.15, -0.1) is 0 Å². The molecule has 0 amide bonds. The normalized spacial score (nSPS) is 14.1. The van der Waals surface area contributed by atoms with Gasteiger partial charge < -0.3 is 25.6 Å². The molecular formula is C34H39F6N5O7S. The maximum Gasteiger partial charge on any atom is 0.490 e. The lowest BCUT2D eigenvalue weighted by atomic mass is 9.89. The Morgan fingerprint density at radius 2 is 1.40 bits per heavy atom. The number of likely N-dealkylation sites (tertiary alicyclic amines) is 1. The summed E-state index contributed by atoms with van der Waals surface area (Å²) in [7, 11) is -3.75. The van der Waals surface area contributed by atoms with Gasteiger partial charge in [-0.2, -0.15) is 26.3 Å². The third-order valence-corrected chi connectivity index (χ3v) is 9.11. The van der Waals surface area contributed by atoms with Gasteiger partial charge in [-0.25, -0.2) is 22.7 Å². The van der Waals surface area contributed by atoms with Crippen molar-refractivity contribution in [3.05, 3.63) is 95.6 Å². The topological polar surface area (TPSA) is 207 Å². The second-order valence-corrected chi connectivity index (χ2v) is 13.4. The Balaban J connectivity index is 0.000000587. The molecule has 0 saturated carbocycles. The van der Waals surface area contributed by atoms with Crippen LogP contribution in [0.15, 0.2) is 83.8 Å². The zero-order valence-electron chi connectivity index (χ0n) is 28.2. The van der Waals surface area contributed by atoms with Gasteiger partial charge in [0.05, 0.1) is 16.8 Å². The molecule has 53 heavy (non-hydrogen) atoms. The summed E-state index contributed by atoms with van der Waals surface area (Å²) in [6.45, 7) is 3.84. The first-order valence-electron chi connectivity index (χ1n) is 15.7. The van der Waals surface area contributed by atoms with E-state index in [2.05, 4.69) is 33.9 Å². The molecule has 3 aromatic rings. The first-order chi connectivity index (χ1) is 24.6. The van der Waals surface area contributed by atoms with Gasteiger partial charge in [0, 0.05) is 18.7 Å². The van der Waals surface area contributed by atoms with Crippen LogP contribution in [0, 0.1) is 16.7 Å². The van der Waals surface area contributed by atoms with E-state index in [0.717, 1.165) is 37.9 Å². The number of halogens is 6. The van der Waals surface area contributed by atoms with Crippen LogP contribution in [0.5, 0.6) is 5.75 Å². The average Bonchev–Trinajstić information content (AvgIpc) is 3.08. The Morgan fingerprint density at radius 1 is 0.887 bits per heavy atom. The number of hydrogen-bond acceptors (Lipinski definition) is 7. The molecule has 0 bridgehead atoms. The summed E-state index contributed by atoms with van der Waals surface area (Å²) < 4.78 is 98.5. The second kappa shape index (κ2) is 19.6. The number of nitrogens with zero attached hydrogens (tertiary/aromatic N) is 1. The van der Waals surface area contributed by atoms with Crippen LogP contribution in [0.2, 0.25) is 0 Å². The van der Waals surface area contributed by atoms with Crippen molar-refractivity contribution >= 4 is 33.6 Å². The van der Waals surface area contributed by atoms with Gasteiger partial charge in [0.1, 0.15) is 18.2 Å². The van der Waals surface area contributed by atoms with Gasteiger partial charge in [-0.1, -0.05) is 54.6 Å². The monoisotopic (exact) mass is 775 g/mol. The fourth-order valence-electron chi connectivity index (χ4n) is 4.87. The van der Waals surface area contributed by atoms with Gasteiger partial charge in [0.25, 0.3) is 0 Å². The number of carboxylic acid groups (broad SMARTS) is 2. The zero-order valence-corrected chi connectivity index (χ0v) is 29.1. The number of sulfonamides is 1. The van der Waals surface area contributed by atoms with Crippen molar-refractivity contribution in [2.24, 2.45) is 11.7 Å². The highest BCUT2D eigenvalue weighted by atomic mass is 32.2. The van der Waals surface area contributed by atoms with E-state index in [0.29, 0.717) is 29.5 Å². The van der Waals surface area contributed by atoms with Gasteiger partial charge in [-0.05, 0) is 73.9 Å². The minimum Gasteiger partial charge on any atom is -0.492 e. The predicted octanol–water partition coefficient (Wildman–Crippen LogP) is 5.46. The van der Waals surface area contributed by atoms with Crippen LogP contribution < -0.4 is 15.2 Å². The molecule has 1 saturated heterocycles. The van der Waals surface area contributed by atoms with E-state index >= 15 is 0 Å². The molecule has 12 nitrogen and oxygen atoms in total. The van der Waals surface area contributed by atoms with Crippen molar-refractivity contribution in [2.45, 2.75) is 55.9 Å². The van der Waals surface area contributed by atoms with Crippen LogP contribution in [-0.2, 0) is 32.5 Å². The molecular weight excluding hydrogens is 736 g/mol. The van der Waals surface area contributed by atoms with Crippen molar-refractivity contribution < 1.29 is 59.3 Å². The summed E-state index contributed by atoms with van der Waals surface area (Å²) in [5, 5.41) is 29.7. The number of nitrogens with one attached hydrogen (secondary N) is 3. The summed E-state index contributed by atoms with van der Waals surface area (Å²) in [6, 6.07) is 23.1. The first-order valence-corrected chi connectivity index (χ1v) is 17.2. The zero-order chi connectivity index (χ0) is 40.0. The number of benzene rings is 3. The number of nitrogens with two attached hydrogens (primary N) is 1. The molecule has 1 heterocycles. The maximum absolute atomic E-state index is 13.1. The molecule has 290 valence electrons. The number of hydrogen-bond donors (Lipinski definition) is 6. The molecule has 0 aliphatic carbocycles. The number of alkyl halides is 6. The fourth-order valence-corrected chi connectivity index (χ4v) is 6.12. The summed E-state index contributed by atoms with van der Waals surface area (Å²) in [5.41, 5.74) is 8.42. The van der Waals surface area contributed by atoms with Gasteiger partial charge in [-0.3, -0.25) is 10.8 Å². The molecule has 0 unspecified atom stereocenters. The molecule has 0 aromatic heterocycles. The lowest BCUT2D eigenvalue weighted by Crippen LogP contribution is -2.40. The first kappa shape index (κ1) is 44.0. The average molecular weight is 776 g/mol. The maximum atomic E-state index is 13.1. The molecule has 4 rings (SSSR count). The van der Waals surface area contributed by atoms with E-state index < -0.39 is 40.4 Å². The third kappa shape index (κ3) is 15.9. The van der Waals surface area contributed by atoms with Crippen molar-refractivity contribution in [3.63, 3.8) is 0 Å². The van der Waals surface area contributed by atoms with Crippen LogP contribution in [0.25, 0.3) is 0 Å². The van der Waals surface area contributed by atoms with Crippen LogP contribution in [0.3, 0.4) is 0 Å². The Bertz CT molecular complexity index is 1760. The number of piperidine rings is 1. The number of rotatable bonds is 11. The summed E-state index contributed by atoms with van der Waals surface area (Å²) in [6.07, 6.45) is -6.53. The van der Waals surface area contributed by atoms with Crippen molar-refractivity contribution in [2.75, 3.05) is 19.7 Å². The smallest absolute Gasteiger partial charge is 0.490 e. The molecule has 1 aliphatic heterocycles. The third-order valence-electron chi connectivity index (χ3n) is 7.57. The van der Waals surface area contributed by atoms with E-state index in [1.54, 1.807) is 54.6 Å². The van der Waals surface area contributed by atoms with Gasteiger partial charge in [0.15, 0.2) is 0 Å². The number of amidine groups is 2. The fraction of sp³-hybridized carbons (Fsp3) is 0.353. The highest BCUT2D eigenvalue weighted by molar-refractivity contribution is 7.89. The Morgan fingerprint density at radius 3 is 1.87 bits per heavy atom. The molecule has 0 spiro atoms. The van der Waals surface area contributed by atoms with Crippen LogP contribution >= 0.6 is 0 Å². The highest BCUT2D eigenvalue weighted by Gasteiger charge is 2.39. The number of nitrogen functional groups attached to an aromatic ring is 1.